The van der Waals surface area contributed by atoms with Crippen molar-refractivity contribution in [3.05, 3.63) is 6.42 Å². The van der Waals surface area contributed by atoms with Crippen molar-refractivity contribution >= 4 is 25.2 Å². The fourth-order valence-electron chi connectivity index (χ4n) is 1.77. The average Bonchev–Trinajstić information content (AvgIpc) is 1.74. The molecule has 0 bridgehead atoms. The molecule has 0 aromatic heterocycles. The highest BCUT2D eigenvalue weighted by atomic mass is 28.5. The third kappa shape index (κ3) is 8.39. The third-order valence-corrected chi connectivity index (χ3v) is 11.1. The van der Waals surface area contributed by atoms with Crippen LogP contribution in [0.5, 0.6) is 0 Å². The van der Waals surface area contributed by atoms with Gasteiger partial charge in [0.25, 0.3) is 0 Å². The van der Waals surface area contributed by atoms with Gasteiger partial charge in [-0.05, 0) is 58.3 Å². The van der Waals surface area contributed by atoms with E-state index in [2.05, 4.69) is 59.2 Å². The van der Waals surface area contributed by atoms with E-state index in [9.17, 15) is 0 Å². The summed E-state index contributed by atoms with van der Waals surface area (Å²) < 4.78 is 12.6. The standard InChI is InChI=1S/C10H27O2Si3/c1-9-10-15(8,11-13(2,3)4)12-14(5,6)7/h9H,10H2,1-8H3. The van der Waals surface area contributed by atoms with Crippen LogP contribution in [0.25, 0.3) is 0 Å². The van der Waals surface area contributed by atoms with Crippen LogP contribution < -0.4 is 0 Å². The molecule has 0 aliphatic carbocycles. The lowest BCUT2D eigenvalue weighted by Gasteiger charge is -2.38. The van der Waals surface area contributed by atoms with Crippen molar-refractivity contribution in [2.75, 3.05) is 0 Å². The molecule has 0 saturated carbocycles. The molecular weight excluding hydrogens is 236 g/mol. The minimum Gasteiger partial charge on any atom is -0.437 e. The van der Waals surface area contributed by atoms with Gasteiger partial charge < -0.3 is 8.23 Å². The first-order valence-corrected chi connectivity index (χ1v) is 15.0. The lowest BCUT2D eigenvalue weighted by molar-refractivity contribution is 0.387. The van der Waals surface area contributed by atoms with E-state index in [4.69, 9.17) is 8.23 Å². The summed E-state index contributed by atoms with van der Waals surface area (Å²) in [5.74, 6) is 0. The maximum absolute atomic E-state index is 6.30. The Kier molecular flexibility index (Phi) is 5.47. The number of rotatable bonds is 6. The smallest absolute Gasteiger partial charge is 0.314 e. The van der Waals surface area contributed by atoms with E-state index in [-0.39, 0.29) is 0 Å². The van der Waals surface area contributed by atoms with Crippen LogP contribution in [0.4, 0.5) is 0 Å². The van der Waals surface area contributed by atoms with Gasteiger partial charge in [-0.1, -0.05) is 6.92 Å². The molecule has 5 heteroatoms. The van der Waals surface area contributed by atoms with Crippen LogP contribution in [-0.4, -0.2) is 25.2 Å². The van der Waals surface area contributed by atoms with E-state index in [1.807, 2.05) is 0 Å². The predicted molar refractivity (Wildman–Crippen MR) is 75.3 cm³/mol. The Hall–Kier alpha value is 0.571. The van der Waals surface area contributed by atoms with Gasteiger partial charge in [0.05, 0.1) is 0 Å². The van der Waals surface area contributed by atoms with Crippen molar-refractivity contribution in [3.8, 4) is 0 Å². The zero-order valence-electron chi connectivity index (χ0n) is 11.6. The van der Waals surface area contributed by atoms with Crippen molar-refractivity contribution in [3.63, 3.8) is 0 Å². The molecule has 0 aliphatic rings. The first-order valence-electron chi connectivity index (χ1n) is 5.66. The minimum absolute atomic E-state index is 1.00. The van der Waals surface area contributed by atoms with Crippen LogP contribution in [-0.2, 0) is 8.23 Å². The highest BCUT2D eigenvalue weighted by molar-refractivity contribution is 6.87. The molecule has 0 rings (SSSR count). The monoisotopic (exact) mass is 263 g/mol. The summed E-state index contributed by atoms with van der Waals surface area (Å²) in [7, 11) is -4.93. The Morgan fingerprint density at radius 1 is 0.800 bits per heavy atom. The van der Waals surface area contributed by atoms with Gasteiger partial charge in [-0.3, -0.25) is 0 Å². The van der Waals surface area contributed by atoms with Crippen LogP contribution in [0.3, 0.4) is 0 Å². The number of hydrogen-bond acceptors (Lipinski definition) is 2. The molecule has 0 unspecified atom stereocenters. The summed E-state index contributed by atoms with van der Waals surface area (Å²) in [5.41, 5.74) is 0. The number of hydrogen-bond donors (Lipinski definition) is 0. The van der Waals surface area contributed by atoms with E-state index in [1.165, 1.54) is 0 Å². The maximum Gasteiger partial charge on any atom is 0.314 e. The second-order valence-electron chi connectivity index (χ2n) is 6.18. The van der Waals surface area contributed by atoms with Crippen molar-refractivity contribution in [1.82, 2.24) is 0 Å². The molecule has 91 valence electrons. The minimum atomic E-state index is -1.95. The molecule has 0 aromatic carbocycles. The second-order valence-corrected chi connectivity index (χ2v) is 18.9. The van der Waals surface area contributed by atoms with Gasteiger partial charge in [0, 0.05) is 0 Å². The molecule has 0 fully saturated rings. The quantitative estimate of drug-likeness (QED) is 0.675. The summed E-state index contributed by atoms with van der Waals surface area (Å²) in [6.07, 6.45) is 2.19. The van der Waals surface area contributed by atoms with Gasteiger partial charge in [-0.15, -0.1) is 0 Å². The molecule has 1 radical (unpaired) electrons. The summed E-state index contributed by atoms with van der Waals surface area (Å²) in [6.45, 7) is 17.7. The Balaban J connectivity index is 4.59. The van der Waals surface area contributed by atoms with Crippen LogP contribution >= 0.6 is 0 Å². The molecule has 2 nitrogen and oxygen atoms in total. The zero-order valence-corrected chi connectivity index (χ0v) is 14.6. The van der Waals surface area contributed by atoms with Crippen LogP contribution in [0.15, 0.2) is 0 Å². The van der Waals surface area contributed by atoms with Crippen molar-refractivity contribution in [2.45, 2.75) is 58.8 Å². The first kappa shape index (κ1) is 15.6. The van der Waals surface area contributed by atoms with Crippen molar-refractivity contribution in [2.24, 2.45) is 0 Å². The summed E-state index contributed by atoms with van der Waals surface area (Å²) in [6, 6.07) is 1.00. The van der Waals surface area contributed by atoms with Crippen LogP contribution in [0.1, 0.15) is 6.92 Å². The van der Waals surface area contributed by atoms with Crippen LogP contribution in [0.2, 0.25) is 51.9 Å². The molecule has 0 amide bonds. The molecular formula is C10H27O2Si3. The average molecular weight is 264 g/mol. The van der Waals surface area contributed by atoms with Gasteiger partial charge >= 0.3 is 8.56 Å². The van der Waals surface area contributed by atoms with Gasteiger partial charge in [0.15, 0.2) is 16.6 Å². The highest BCUT2D eigenvalue weighted by Crippen LogP contribution is 2.24. The molecule has 0 aromatic rings. The molecule has 0 atom stereocenters. The largest absolute Gasteiger partial charge is 0.437 e. The fraction of sp³-hybridized carbons (Fsp3) is 0.900. The van der Waals surface area contributed by atoms with Gasteiger partial charge in [-0.2, -0.15) is 0 Å². The molecule has 15 heavy (non-hydrogen) atoms. The predicted octanol–water partition coefficient (Wildman–Crippen LogP) is 3.99. The lowest BCUT2D eigenvalue weighted by Crippen LogP contribution is -2.52. The van der Waals surface area contributed by atoms with Crippen LogP contribution in [0, 0.1) is 6.42 Å². The van der Waals surface area contributed by atoms with Crippen molar-refractivity contribution in [1.29, 1.82) is 0 Å². The Morgan fingerprint density at radius 3 is 1.33 bits per heavy atom. The van der Waals surface area contributed by atoms with E-state index in [0.29, 0.717) is 0 Å². The third-order valence-electron chi connectivity index (χ3n) is 1.62. The van der Waals surface area contributed by atoms with Gasteiger partial charge in [0.2, 0.25) is 0 Å². The summed E-state index contributed by atoms with van der Waals surface area (Å²) in [4.78, 5) is 0. The zero-order chi connectivity index (χ0) is 12.3. The fourth-order valence-corrected chi connectivity index (χ4v) is 14.1. The molecule has 0 spiro atoms. The Bertz CT molecular complexity index is 178. The highest BCUT2D eigenvalue weighted by Gasteiger charge is 2.39. The van der Waals surface area contributed by atoms with E-state index >= 15 is 0 Å². The van der Waals surface area contributed by atoms with E-state index < -0.39 is 25.2 Å². The summed E-state index contributed by atoms with van der Waals surface area (Å²) in [5, 5.41) is 0. The van der Waals surface area contributed by atoms with E-state index in [0.717, 1.165) is 6.04 Å². The molecule has 0 heterocycles. The molecule has 0 saturated heterocycles. The van der Waals surface area contributed by atoms with Gasteiger partial charge in [-0.25, -0.2) is 0 Å². The lowest BCUT2D eigenvalue weighted by atomic mass is 10.6. The normalized spacial score (nSPS) is 14.4. The Morgan fingerprint density at radius 2 is 1.13 bits per heavy atom. The Labute approximate surface area is 98.9 Å². The molecule has 0 N–H and O–H groups in total. The maximum atomic E-state index is 6.30. The van der Waals surface area contributed by atoms with Crippen molar-refractivity contribution < 1.29 is 8.23 Å². The molecule has 0 aliphatic heterocycles. The second kappa shape index (κ2) is 5.27. The SMILES string of the molecule is C[CH]C[Si](C)(O[Si](C)(C)C)O[Si](C)(C)C. The summed E-state index contributed by atoms with van der Waals surface area (Å²) >= 11 is 0. The first-order chi connectivity index (χ1) is 6.47. The van der Waals surface area contributed by atoms with Gasteiger partial charge in [0.1, 0.15) is 0 Å². The topological polar surface area (TPSA) is 18.5 Å². The van der Waals surface area contributed by atoms with E-state index in [1.54, 1.807) is 0 Å².